The van der Waals surface area contributed by atoms with Crippen LogP contribution in [0.15, 0.2) is 31.9 Å². The Hall–Kier alpha value is -1.05. The van der Waals surface area contributed by atoms with E-state index in [-0.39, 0.29) is 11.1 Å². The maximum absolute atomic E-state index is 13.4. The van der Waals surface area contributed by atoms with E-state index in [2.05, 4.69) is 45.7 Å². The summed E-state index contributed by atoms with van der Waals surface area (Å²) in [4.78, 5) is 25.6. The molecule has 0 unspecified atom stereocenters. The van der Waals surface area contributed by atoms with Crippen molar-refractivity contribution in [3.8, 4) is 0 Å². The minimum Gasteiger partial charge on any atom is -0.478 e. The van der Waals surface area contributed by atoms with Crippen LogP contribution < -0.4 is 0 Å². The van der Waals surface area contributed by atoms with Crippen LogP contribution in [-0.2, 0) is 17.0 Å². The number of aromatic carboxylic acids is 1. The number of carboxylic acid groups (broad SMARTS) is 1. The standard InChI is InChI=1S/C28H40Br2O4S/c1-3-5-7-9-11-13-15-21-17-18-23(27(31)32)26(22(21)16-14-12-10-8-6-4-2)28(33)34-35-24(29)19-20-25(35)30/h17-20,35H,3-16H2,1-2H3,(H,31,32). The van der Waals surface area contributed by atoms with Gasteiger partial charge in [0.05, 0.1) is 18.8 Å². The number of benzene rings is 1. The van der Waals surface area contributed by atoms with E-state index in [1.54, 1.807) is 6.07 Å². The van der Waals surface area contributed by atoms with Gasteiger partial charge in [-0.05, 0) is 98.1 Å². The summed E-state index contributed by atoms with van der Waals surface area (Å²) in [5, 5.41) is 9.92. The monoisotopic (exact) mass is 630 g/mol. The predicted molar refractivity (Wildman–Crippen MR) is 156 cm³/mol. The maximum atomic E-state index is 13.4. The second-order valence-electron chi connectivity index (χ2n) is 9.12. The van der Waals surface area contributed by atoms with Gasteiger partial charge in [0.25, 0.3) is 0 Å². The van der Waals surface area contributed by atoms with Crippen molar-refractivity contribution in [1.82, 2.24) is 0 Å². The summed E-state index contributed by atoms with van der Waals surface area (Å²) < 4.78 is 7.46. The van der Waals surface area contributed by atoms with Crippen molar-refractivity contribution in [3.63, 3.8) is 0 Å². The molecule has 0 fully saturated rings. The zero-order valence-corrected chi connectivity index (χ0v) is 25.2. The molecule has 1 aromatic rings. The van der Waals surface area contributed by atoms with Crippen LogP contribution in [0.3, 0.4) is 0 Å². The van der Waals surface area contributed by atoms with Gasteiger partial charge in [0.1, 0.15) is 0 Å². The normalized spacial score (nSPS) is 14.1. The molecule has 0 aromatic heterocycles. The third kappa shape index (κ3) is 9.73. The molecule has 1 aliphatic rings. The van der Waals surface area contributed by atoms with Crippen LogP contribution in [-0.4, -0.2) is 17.0 Å². The van der Waals surface area contributed by atoms with Gasteiger partial charge in [-0.25, -0.2) is 9.59 Å². The van der Waals surface area contributed by atoms with E-state index in [0.29, 0.717) is 6.42 Å². The lowest BCUT2D eigenvalue weighted by Gasteiger charge is -2.21. The fraction of sp³-hybridized carbons (Fsp3) is 0.571. The van der Waals surface area contributed by atoms with E-state index in [9.17, 15) is 14.7 Å². The number of halogens is 2. The van der Waals surface area contributed by atoms with Crippen molar-refractivity contribution in [2.75, 3.05) is 0 Å². The van der Waals surface area contributed by atoms with Gasteiger partial charge < -0.3 is 9.29 Å². The average Bonchev–Trinajstić information content (AvgIpc) is 3.15. The Morgan fingerprint density at radius 3 is 1.86 bits per heavy atom. The number of carbonyl (C=O) groups excluding carboxylic acids is 1. The van der Waals surface area contributed by atoms with Crippen molar-refractivity contribution >= 4 is 55.0 Å². The van der Waals surface area contributed by atoms with Crippen molar-refractivity contribution in [2.45, 2.75) is 104 Å². The smallest absolute Gasteiger partial charge is 0.350 e. The number of thiol groups is 1. The predicted octanol–water partition coefficient (Wildman–Crippen LogP) is 9.75. The molecule has 7 heteroatoms. The van der Waals surface area contributed by atoms with Crippen LogP contribution >= 0.6 is 43.0 Å². The Morgan fingerprint density at radius 1 is 0.800 bits per heavy atom. The fourth-order valence-corrected chi connectivity index (χ4v) is 8.00. The Bertz CT molecular complexity index is 892. The number of aryl methyl sites for hydroxylation is 1. The molecular weight excluding hydrogens is 592 g/mol. The van der Waals surface area contributed by atoms with Gasteiger partial charge in [0, 0.05) is 0 Å². The van der Waals surface area contributed by atoms with Crippen molar-refractivity contribution in [3.05, 3.63) is 54.2 Å². The highest BCUT2D eigenvalue weighted by Gasteiger charge is 2.28. The molecule has 0 atom stereocenters. The SMILES string of the molecule is CCCCCCCCc1ccc(C(=O)O)c(C(=O)O[SH]2C(Br)=CC=C2Br)c1CCCCCCCC. The van der Waals surface area contributed by atoms with E-state index in [1.807, 2.05) is 18.2 Å². The average molecular weight is 632 g/mol. The zero-order chi connectivity index (χ0) is 25.6. The summed E-state index contributed by atoms with van der Waals surface area (Å²) in [6.45, 7) is 4.42. The summed E-state index contributed by atoms with van der Waals surface area (Å²) >= 11 is 5.63. The first-order valence-corrected chi connectivity index (χ1v) is 15.9. The molecule has 0 bridgehead atoms. The van der Waals surface area contributed by atoms with Gasteiger partial charge in [-0.15, -0.1) is 0 Å². The first kappa shape index (κ1) is 30.2. The second-order valence-corrected chi connectivity index (χ2v) is 13.8. The Balaban J connectivity index is 2.27. The molecule has 1 heterocycles. The van der Waals surface area contributed by atoms with E-state index < -0.39 is 23.1 Å². The van der Waals surface area contributed by atoms with Gasteiger partial charge in [-0.3, -0.25) is 0 Å². The van der Waals surface area contributed by atoms with Gasteiger partial charge in [0.2, 0.25) is 0 Å². The van der Waals surface area contributed by atoms with Crippen LogP contribution in [0.25, 0.3) is 0 Å². The lowest BCUT2D eigenvalue weighted by Crippen LogP contribution is -2.16. The minimum absolute atomic E-state index is 0.0390. The highest BCUT2D eigenvalue weighted by Crippen LogP contribution is 2.54. The lowest BCUT2D eigenvalue weighted by molar-refractivity contribution is 0.0675. The molecule has 4 nitrogen and oxygen atoms in total. The molecule has 0 saturated heterocycles. The maximum Gasteiger partial charge on any atom is 0.350 e. The minimum atomic E-state index is -1.31. The molecule has 35 heavy (non-hydrogen) atoms. The first-order chi connectivity index (χ1) is 16.9. The number of carboxylic acids is 1. The van der Waals surface area contributed by atoms with E-state index in [4.69, 9.17) is 4.18 Å². The Kier molecular flexibility index (Phi) is 14.4. The third-order valence-electron chi connectivity index (χ3n) is 6.35. The van der Waals surface area contributed by atoms with Gasteiger partial charge in [-0.1, -0.05) is 84.1 Å². The van der Waals surface area contributed by atoms with Crippen LogP contribution in [0.4, 0.5) is 0 Å². The summed E-state index contributed by atoms with van der Waals surface area (Å²) in [5.41, 5.74) is 2.24. The number of hydrogen-bond acceptors (Lipinski definition) is 3. The first-order valence-electron chi connectivity index (χ1n) is 13.0. The van der Waals surface area contributed by atoms with E-state index in [1.165, 1.54) is 51.4 Å². The quantitative estimate of drug-likeness (QED) is 0.133. The molecular formula is C28H40Br2O4S. The van der Waals surface area contributed by atoms with Gasteiger partial charge in [0.15, 0.2) is 0 Å². The number of hydrogen-bond donors (Lipinski definition) is 2. The molecule has 1 aromatic carbocycles. The fourth-order valence-electron chi connectivity index (χ4n) is 4.39. The number of rotatable bonds is 17. The van der Waals surface area contributed by atoms with Crippen LogP contribution in [0.1, 0.15) is 123 Å². The largest absolute Gasteiger partial charge is 0.478 e. The number of carbonyl (C=O) groups is 2. The second kappa shape index (κ2) is 16.6. The third-order valence-corrected chi connectivity index (χ3v) is 10.2. The molecule has 196 valence electrons. The topological polar surface area (TPSA) is 63.6 Å². The summed E-state index contributed by atoms with van der Waals surface area (Å²) in [6, 6.07) is 3.51. The summed E-state index contributed by atoms with van der Waals surface area (Å²) in [6.07, 6.45) is 19.3. The summed E-state index contributed by atoms with van der Waals surface area (Å²) in [5.74, 6) is -1.63. The molecule has 0 amide bonds. The number of unbranched alkanes of at least 4 members (excludes halogenated alkanes) is 10. The van der Waals surface area contributed by atoms with Gasteiger partial charge >= 0.3 is 11.9 Å². The molecule has 0 saturated carbocycles. The Morgan fingerprint density at radius 2 is 1.31 bits per heavy atom. The molecule has 0 spiro atoms. The zero-order valence-electron chi connectivity index (χ0n) is 21.1. The molecule has 1 aliphatic heterocycles. The van der Waals surface area contributed by atoms with Gasteiger partial charge in [-0.2, -0.15) is 0 Å². The lowest BCUT2D eigenvalue weighted by atomic mass is 9.89. The molecule has 0 aliphatic carbocycles. The van der Waals surface area contributed by atoms with Crippen molar-refractivity contribution < 1.29 is 18.9 Å². The highest BCUT2D eigenvalue weighted by molar-refractivity contribution is 9.17. The molecule has 1 N–H and O–H groups in total. The highest BCUT2D eigenvalue weighted by atomic mass is 79.9. The molecule has 0 radical (unpaired) electrons. The van der Waals surface area contributed by atoms with Crippen LogP contribution in [0.2, 0.25) is 0 Å². The Labute approximate surface area is 230 Å². The van der Waals surface area contributed by atoms with Crippen LogP contribution in [0.5, 0.6) is 0 Å². The summed E-state index contributed by atoms with van der Waals surface area (Å²) in [7, 11) is 0. The van der Waals surface area contributed by atoms with Crippen molar-refractivity contribution in [1.29, 1.82) is 0 Å². The van der Waals surface area contributed by atoms with Crippen molar-refractivity contribution in [2.24, 2.45) is 0 Å². The van der Waals surface area contributed by atoms with Crippen LogP contribution in [0, 0.1) is 0 Å². The van der Waals surface area contributed by atoms with E-state index >= 15 is 0 Å². The molecule has 2 rings (SSSR count). The van der Waals surface area contributed by atoms with E-state index in [0.717, 1.165) is 50.9 Å². The number of allylic oxidation sites excluding steroid dienone is 2.